The van der Waals surface area contributed by atoms with Crippen LogP contribution in [0.5, 0.6) is 0 Å². The van der Waals surface area contributed by atoms with Crippen LogP contribution in [-0.4, -0.2) is 9.55 Å². The van der Waals surface area contributed by atoms with Gasteiger partial charge in [0.2, 0.25) is 0 Å². The van der Waals surface area contributed by atoms with Crippen molar-refractivity contribution < 1.29 is 4.39 Å². The minimum absolute atomic E-state index is 0.00401. The molecule has 1 N–H and O–H groups in total. The van der Waals surface area contributed by atoms with Gasteiger partial charge in [-0.3, -0.25) is 0 Å². The maximum absolute atomic E-state index is 13.9. The van der Waals surface area contributed by atoms with E-state index in [1.165, 1.54) is 6.07 Å². The van der Waals surface area contributed by atoms with Crippen LogP contribution in [0.15, 0.2) is 45.3 Å². The molecule has 0 aliphatic carbocycles. The highest BCUT2D eigenvalue weighted by atomic mass is 79.9. The number of hydrogen-bond donors (Lipinski definition) is 1. The van der Waals surface area contributed by atoms with Gasteiger partial charge in [-0.15, -0.1) is 0 Å². The predicted molar refractivity (Wildman–Crippen MR) is 92.7 cm³/mol. The molecule has 0 radical (unpaired) electrons. The van der Waals surface area contributed by atoms with Gasteiger partial charge in [0, 0.05) is 10.5 Å². The fourth-order valence-corrected chi connectivity index (χ4v) is 3.55. The lowest BCUT2D eigenvalue weighted by atomic mass is 10.1. The summed E-state index contributed by atoms with van der Waals surface area (Å²) in [5.74, 6) is -0.299. The molecule has 0 saturated carbocycles. The molecule has 0 bridgehead atoms. The SMILES string of the molecule is CC(c1cccc(Br)c1)n1c(=S)[nH]c2cc(Br)c(F)cc21. The Morgan fingerprint density at radius 3 is 2.71 bits per heavy atom. The van der Waals surface area contributed by atoms with Crippen molar-refractivity contribution in [1.82, 2.24) is 9.55 Å². The van der Waals surface area contributed by atoms with Gasteiger partial charge < -0.3 is 9.55 Å². The monoisotopic (exact) mass is 428 g/mol. The summed E-state index contributed by atoms with van der Waals surface area (Å²) in [7, 11) is 0. The second-order valence-electron chi connectivity index (χ2n) is 4.81. The Morgan fingerprint density at radius 2 is 2.00 bits per heavy atom. The quantitative estimate of drug-likeness (QED) is 0.497. The number of hydrogen-bond acceptors (Lipinski definition) is 1. The molecule has 1 heterocycles. The molecule has 1 atom stereocenters. The van der Waals surface area contributed by atoms with Crippen LogP contribution in [0.3, 0.4) is 0 Å². The van der Waals surface area contributed by atoms with Gasteiger partial charge >= 0.3 is 0 Å². The molecule has 21 heavy (non-hydrogen) atoms. The Kier molecular flexibility index (Phi) is 4.03. The van der Waals surface area contributed by atoms with E-state index in [2.05, 4.69) is 36.8 Å². The van der Waals surface area contributed by atoms with Crippen molar-refractivity contribution in [1.29, 1.82) is 0 Å². The average molecular weight is 430 g/mol. The van der Waals surface area contributed by atoms with Crippen LogP contribution in [0, 0.1) is 10.6 Å². The molecule has 0 aliphatic heterocycles. The second-order valence-corrected chi connectivity index (χ2v) is 6.97. The standard InChI is InChI=1S/C15H11Br2FN2S/c1-8(9-3-2-4-10(16)5-9)20-14-7-12(18)11(17)6-13(14)19-15(20)21/h2-8H,1H3,(H,19,21). The van der Waals surface area contributed by atoms with Gasteiger partial charge in [-0.1, -0.05) is 28.1 Å². The summed E-state index contributed by atoms with van der Waals surface area (Å²) in [4.78, 5) is 3.13. The molecular formula is C15H11Br2FN2S. The Morgan fingerprint density at radius 1 is 1.24 bits per heavy atom. The fraction of sp³-hybridized carbons (Fsp3) is 0.133. The normalized spacial score (nSPS) is 12.8. The highest BCUT2D eigenvalue weighted by Crippen LogP contribution is 2.29. The molecular weight excluding hydrogens is 419 g/mol. The van der Waals surface area contributed by atoms with E-state index in [1.54, 1.807) is 6.07 Å². The van der Waals surface area contributed by atoms with Crippen LogP contribution in [0.2, 0.25) is 0 Å². The molecule has 0 amide bonds. The van der Waals surface area contributed by atoms with Gasteiger partial charge in [-0.25, -0.2) is 4.39 Å². The van der Waals surface area contributed by atoms with Crippen molar-refractivity contribution in [2.75, 3.05) is 0 Å². The van der Waals surface area contributed by atoms with Crippen molar-refractivity contribution in [3.63, 3.8) is 0 Å². The first kappa shape index (κ1) is 14.9. The van der Waals surface area contributed by atoms with Crippen LogP contribution >= 0.6 is 44.1 Å². The Bertz CT molecular complexity index is 885. The first-order valence-electron chi connectivity index (χ1n) is 6.32. The lowest BCUT2D eigenvalue weighted by Crippen LogP contribution is -2.07. The third-order valence-corrected chi connectivity index (χ3v) is 4.88. The summed E-state index contributed by atoms with van der Waals surface area (Å²) in [6.45, 7) is 2.05. The van der Waals surface area contributed by atoms with Gasteiger partial charge in [-0.05, 0) is 58.8 Å². The van der Waals surface area contributed by atoms with Crippen LogP contribution in [0.1, 0.15) is 18.5 Å². The highest BCUT2D eigenvalue weighted by molar-refractivity contribution is 9.10. The zero-order chi connectivity index (χ0) is 15.1. The minimum Gasteiger partial charge on any atom is -0.331 e. The lowest BCUT2D eigenvalue weighted by Gasteiger charge is -2.15. The smallest absolute Gasteiger partial charge is 0.178 e. The lowest BCUT2D eigenvalue weighted by molar-refractivity contribution is 0.617. The van der Waals surface area contributed by atoms with E-state index < -0.39 is 0 Å². The summed E-state index contributed by atoms with van der Waals surface area (Å²) in [6, 6.07) is 11.2. The molecule has 108 valence electrons. The molecule has 6 heteroatoms. The van der Waals surface area contributed by atoms with E-state index >= 15 is 0 Å². The predicted octanol–water partition coefficient (Wildman–Crippen LogP) is 5.97. The van der Waals surface area contributed by atoms with Gasteiger partial charge in [0.25, 0.3) is 0 Å². The summed E-state index contributed by atoms with van der Waals surface area (Å²) >= 11 is 12.1. The molecule has 2 nitrogen and oxygen atoms in total. The van der Waals surface area contributed by atoms with E-state index in [9.17, 15) is 4.39 Å². The molecule has 2 aromatic carbocycles. The molecule has 3 aromatic rings. The number of rotatable bonds is 2. The van der Waals surface area contributed by atoms with E-state index in [0.29, 0.717) is 9.24 Å². The second kappa shape index (κ2) is 5.66. The van der Waals surface area contributed by atoms with Crippen molar-refractivity contribution >= 4 is 55.1 Å². The minimum atomic E-state index is -0.299. The van der Waals surface area contributed by atoms with Crippen LogP contribution in [-0.2, 0) is 0 Å². The van der Waals surface area contributed by atoms with Crippen molar-refractivity contribution in [3.8, 4) is 0 Å². The maximum atomic E-state index is 13.9. The zero-order valence-electron chi connectivity index (χ0n) is 11.0. The highest BCUT2D eigenvalue weighted by Gasteiger charge is 2.15. The van der Waals surface area contributed by atoms with Gasteiger partial charge in [-0.2, -0.15) is 0 Å². The van der Waals surface area contributed by atoms with Gasteiger partial charge in [0.1, 0.15) is 5.82 Å². The summed E-state index contributed by atoms with van der Waals surface area (Å²) in [6.07, 6.45) is 0. The fourth-order valence-electron chi connectivity index (χ4n) is 2.42. The molecule has 0 fully saturated rings. The van der Waals surface area contributed by atoms with Crippen LogP contribution < -0.4 is 0 Å². The largest absolute Gasteiger partial charge is 0.331 e. The van der Waals surface area contributed by atoms with E-state index in [4.69, 9.17) is 12.2 Å². The molecule has 3 rings (SSSR count). The first-order chi connectivity index (χ1) is 9.97. The van der Waals surface area contributed by atoms with Crippen molar-refractivity contribution in [3.05, 3.63) is 61.5 Å². The van der Waals surface area contributed by atoms with E-state index in [1.807, 2.05) is 35.8 Å². The number of halogens is 3. The maximum Gasteiger partial charge on any atom is 0.178 e. The third-order valence-electron chi connectivity index (χ3n) is 3.48. The van der Waals surface area contributed by atoms with Crippen LogP contribution in [0.4, 0.5) is 4.39 Å². The number of nitrogens with one attached hydrogen (secondary N) is 1. The molecule has 0 spiro atoms. The first-order valence-corrected chi connectivity index (χ1v) is 8.31. The van der Waals surface area contributed by atoms with E-state index in [-0.39, 0.29) is 11.9 Å². The number of H-pyrrole nitrogens is 1. The molecule has 0 saturated heterocycles. The van der Waals surface area contributed by atoms with Crippen molar-refractivity contribution in [2.24, 2.45) is 0 Å². The number of fused-ring (bicyclic) bond motifs is 1. The van der Waals surface area contributed by atoms with Gasteiger partial charge in [0.15, 0.2) is 4.77 Å². The zero-order valence-corrected chi connectivity index (χ0v) is 15.0. The molecule has 1 aromatic heterocycles. The average Bonchev–Trinajstić information content (AvgIpc) is 2.74. The Labute approximate surface area is 143 Å². The Hall–Kier alpha value is -0.980. The summed E-state index contributed by atoms with van der Waals surface area (Å²) in [5, 5.41) is 0. The van der Waals surface area contributed by atoms with Crippen LogP contribution in [0.25, 0.3) is 11.0 Å². The van der Waals surface area contributed by atoms with Crippen molar-refractivity contribution in [2.45, 2.75) is 13.0 Å². The number of aromatic nitrogens is 2. The topological polar surface area (TPSA) is 20.7 Å². The van der Waals surface area contributed by atoms with E-state index in [0.717, 1.165) is 21.1 Å². The third kappa shape index (κ3) is 2.72. The number of aromatic amines is 1. The number of benzene rings is 2. The number of nitrogens with zero attached hydrogens (tertiary/aromatic N) is 1. The molecule has 0 aliphatic rings. The van der Waals surface area contributed by atoms with Gasteiger partial charge in [0.05, 0.1) is 21.5 Å². The summed E-state index contributed by atoms with van der Waals surface area (Å²) in [5.41, 5.74) is 2.67. The Balaban J connectivity index is 2.22. The molecule has 1 unspecified atom stereocenters. The number of imidazole rings is 1. The summed E-state index contributed by atoms with van der Waals surface area (Å²) < 4.78 is 17.8.